The van der Waals surface area contributed by atoms with E-state index in [9.17, 15) is 33.0 Å². The number of carboxylic acids is 1. The van der Waals surface area contributed by atoms with Gasteiger partial charge in [0.2, 0.25) is 0 Å². The Morgan fingerprint density at radius 2 is 1.76 bits per heavy atom. The Balaban J connectivity index is 1.51. The topological polar surface area (TPSA) is 141 Å². The van der Waals surface area contributed by atoms with Gasteiger partial charge in [-0.3, -0.25) is 14.8 Å². The second-order valence-corrected chi connectivity index (χ2v) is 9.39. The van der Waals surface area contributed by atoms with E-state index in [0.717, 1.165) is 30.1 Å². The van der Waals surface area contributed by atoms with Crippen molar-refractivity contribution in [3.05, 3.63) is 113 Å². The molecule has 2 aromatic heterocycles. The number of carbonyl (C=O) groups excluding carboxylic acids is 1. The predicted octanol–water partition coefficient (Wildman–Crippen LogP) is 5.69. The van der Waals surface area contributed by atoms with E-state index in [1.54, 1.807) is 12.1 Å². The second-order valence-electron chi connectivity index (χ2n) is 9.39. The molecule has 9 nitrogen and oxygen atoms in total. The molecular weight excluding hydrogens is 551 g/mol. The van der Waals surface area contributed by atoms with Gasteiger partial charge in [-0.2, -0.15) is 13.2 Å². The normalized spacial score (nSPS) is 12.2. The molecule has 0 radical (unpaired) electrons. The van der Waals surface area contributed by atoms with Gasteiger partial charge < -0.3 is 15.5 Å². The molecule has 0 aliphatic carbocycles. The lowest BCUT2D eigenvalue weighted by Crippen LogP contribution is -2.32. The van der Waals surface area contributed by atoms with Gasteiger partial charge in [-0.25, -0.2) is 14.8 Å². The Hall–Kier alpha value is -5.52. The Kier molecular flexibility index (Phi) is 7.45. The molecule has 0 saturated carbocycles. The first-order chi connectivity index (χ1) is 20.0. The van der Waals surface area contributed by atoms with Crippen molar-refractivity contribution in [3.8, 4) is 16.9 Å². The number of phenolic OH excluding ortho intramolecular Hbond substituents is 1. The summed E-state index contributed by atoms with van der Waals surface area (Å²) >= 11 is 0. The number of hydrogen-bond acceptors (Lipinski definition) is 6. The molecule has 0 fully saturated rings. The van der Waals surface area contributed by atoms with Crippen LogP contribution in [0.5, 0.6) is 5.75 Å². The molecule has 0 spiro atoms. The summed E-state index contributed by atoms with van der Waals surface area (Å²) in [4.78, 5) is 34.3. The molecule has 0 unspecified atom stereocenters. The van der Waals surface area contributed by atoms with Crippen LogP contribution >= 0.6 is 0 Å². The fraction of sp³-hybridized carbons (Fsp3) is 0.100. The maximum Gasteiger partial charge on any atom is 0.416 e. The number of carbonyl (C=O) groups is 2. The van der Waals surface area contributed by atoms with Crippen LogP contribution in [0, 0.1) is 5.41 Å². The molecule has 0 bridgehead atoms. The van der Waals surface area contributed by atoms with Crippen LogP contribution in [0.15, 0.2) is 85.2 Å². The Morgan fingerprint density at radius 3 is 2.45 bits per heavy atom. The highest BCUT2D eigenvalue weighted by Crippen LogP contribution is 2.33. The van der Waals surface area contributed by atoms with Gasteiger partial charge in [0, 0.05) is 17.8 Å². The quantitative estimate of drug-likeness (QED) is 0.139. The summed E-state index contributed by atoms with van der Waals surface area (Å²) in [6, 6.07) is 15.7. The summed E-state index contributed by atoms with van der Waals surface area (Å²) in [5, 5.41) is 30.2. The third-order valence-electron chi connectivity index (χ3n) is 6.63. The average molecular weight is 574 g/mol. The number of benzene rings is 3. The molecule has 12 heteroatoms. The van der Waals surface area contributed by atoms with Crippen LogP contribution < -0.4 is 5.32 Å². The van der Waals surface area contributed by atoms with Crippen LogP contribution in [0.2, 0.25) is 0 Å². The minimum atomic E-state index is -4.54. The summed E-state index contributed by atoms with van der Waals surface area (Å²) < 4.78 is 41.1. The van der Waals surface area contributed by atoms with E-state index < -0.39 is 29.7 Å². The molecule has 0 saturated heterocycles. The number of phenols is 1. The van der Waals surface area contributed by atoms with E-state index in [2.05, 4.69) is 15.3 Å². The van der Waals surface area contributed by atoms with Crippen LogP contribution in [0.4, 0.5) is 13.2 Å². The lowest BCUT2D eigenvalue weighted by Gasteiger charge is -2.19. The summed E-state index contributed by atoms with van der Waals surface area (Å²) in [7, 11) is 0. The fourth-order valence-corrected chi connectivity index (χ4v) is 4.58. The standard InChI is InChI=1S/C30H22F3N5O4/c31-30(32,33)20-3-1-2-18(13-20)19-6-9-24-22(14-19)23(29(41)42)15-26(36-24)28(40)37-25(27-35-10-11-38(27)16-34)12-17-4-7-21(39)8-5-17/h1-11,13-16,25,34,39H,12H2,(H,37,40)(H,41,42)/t25-/m0/s1. The lowest BCUT2D eigenvalue weighted by atomic mass is 9.98. The summed E-state index contributed by atoms with van der Waals surface area (Å²) in [6.45, 7) is 0. The number of hydrogen-bond donors (Lipinski definition) is 4. The third-order valence-corrected chi connectivity index (χ3v) is 6.63. The van der Waals surface area contributed by atoms with E-state index in [1.165, 1.54) is 59.4 Å². The number of nitrogens with zero attached hydrogens (tertiary/aromatic N) is 3. The molecule has 1 atom stereocenters. The van der Waals surface area contributed by atoms with E-state index in [1.807, 2.05) is 0 Å². The maximum absolute atomic E-state index is 13.4. The Labute approximate surface area is 236 Å². The predicted molar refractivity (Wildman–Crippen MR) is 148 cm³/mol. The molecule has 5 aromatic rings. The van der Waals surface area contributed by atoms with Crippen LogP contribution in [0.3, 0.4) is 0 Å². The Morgan fingerprint density at radius 1 is 1.02 bits per heavy atom. The summed E-state index contributed by atoms with van der Waals surface area (Å²) in [5.74, 6) is -1.64. The van der Waals surface area contributed by atoms with Gasteiger partial charge in [-0.1, -0.05) is 30.3 Å². The highest BCUT2D eigenvalue weighted by Gasteiger charge is 2.30. The van der Waals surface area contributed by atoms with Crippen molar-refractivity contribution in [2.24, 2.45) is 0 Å². The number of pyridine rings is 1. The number of imidazole rings is 1. The molecule has 0 aliphatic heterocycles. The molecule has 0 aliphatic rings. The number of alkyl halides is 3. The summed E-state index contributed by atoms with van der Waals surface area (Å²) in [5.41, 5.74) is 0.204. The number of amides is 1. The number of aromatic hydroxyl groups is 1. The molecule has 212 valence electrons. The number of nitrogens with one attached hydrogen (secondary N) is 2. The first-order valence-corrected chi connectivity index (χ1v) is 12.5. The highest BCUT2D eigenvalue weighted by atomic mass is 19.4. The van der Waals surface area contributed by atoms with Crippen LogP contribution in [0.25, 0.3) is 22.0 Å². The minimum Gasteiger partial charge on any atom is -0.508 e. The van der Waals surface area contributed by atoms with Crippen molar-refractivity contribution < 1.29 is 33.0 Å². The second kappa shape index (κ2) is 11.2. The zero-order valence-corrected chi connectivity index (χ0v) is 21.6. The lowest BCUT2D eigenvalue weighted by molar-refractivity contribution is -0.137. The molecular formula is C30H22F3N5O4. The molecule has 4 N–H and O–H groups in total. The Bertz CT molecular complexity index is 1820. The van der Waals surface area contributed by atoms with Gasteiger partial charge in [0.05, 0.1) is 29.0 Å². The van der Waals surface area contributed by atoms with Crippen LogP contribution in [-0.4, -0.2) is 43.0 Å². The molecule has 5 rings (SSSR count). The summed E-state index contributed by atoms with van der Waals surface area (Å²) in [6.07, 6.45) is -0.279. The SMILES string of the molecule is N=Cn1ccnc1[C@H](Cc1ccc(O)cc1)NC(=O)c1cc(C(=O)O)c2cc(-c3cccc(C(F)(F)F)c3)ccc2n1. The number of halogens is 3. The zero-order valence-electron chi connectivity index (χ0n) is 21.6. The van der Waals surface area contributed by atoms with E-state index in [0.29, 0.717) is 11.4 Å². The first kappa shape index (κ1) is 28.0. The van der Waals surface area contributed by atoms with Gasteiger partial charge >= 0.3 is 12.1 Å². The first-order valence-electron chi connectivity index (χ1n) is 12.5. The average Bonchev–Trinajstić information content (AvgIpc) is 3.45. The number of aromatic carboxylic acids is 1. The number of carboxylic acid groups (broad SMARTS) is 1. The van der Waals surface area contributed by atoms with Crippen molar-refractivity contribution in [1.82, 2.24) is 19.9 Å². The van der Waals surface area contributed by atoms with Gasteiger partial charge in [0.1, 0.15) is 17.3 Å². The van der Waals surface area contributed by atoms with Crippen molar-refractivity contribution >= 4 is 29.1 Å². The smallest absolute Gasteiger partial charge is 0.416 e. The van der Waals surface area contributed by atoms with Gasteiger partial charge in [0.25, 0.3) is 5.91 Å². The largest absolute Gasteiger partial charge is 0.508 e. The molecule has 1 amide bonds. The molecule has 42 heavy (non-hydrogen) atoms. The van der Waals surface area contributed by atoms with E-state index in [-0.39, 0.29) is 39.9 Å². The third kappa shape index (κ3) is 5.82. The van der Waals surface area contributed by atoms with Gasteiger partial charge in [0.15, 0.2) is 0 Å². The van der Waals surface area contributed by atoms with Gasteiger partial charge in [-0.15, -0.1) is 0 Å². The van der Waals surface area contributed by atoms with Crippen molar-refractivity contribution in [2.75, 3.05) is 0 Å². The maximum atomic E-state index is 13.4. The zero-order chi connectivity index (χ0) is 30.0. The monoisotopic (exact) mass is 573 g/mol. The van der Waals surface area contributed by atoms with Crippen molar-refractivity contribution in [1.29, 1.82) is 5.41 Å². The van der Waals surface area contributed by atoms with E-state index in [4.69, 9.17) is 5.41 Å². The molecule has 2 heterocycles. The number of fused-ring (bicyclic) bond motifs is 1. The highest BCUT2D eigenvalue weighted by molar-refractivity contribution is 6.06. The minimum absolute atomic E-state index is 0.0677. The number of rotatable bonds is 8. The fourth-order valence-electron chi connectivity index (χ4n) is 4.58. The van der Waals surface area contributed by atoms with Gasteiger partial charge in [-0.05, 0) is 65.6 Å². The van der Waals surface area contributed by atoms with E-state index >= 15 is 0 Å². The van der Waals surface area contributed by atoms with Crippen LogP contribution in [-0.2, 0) is 12.6 Å². The van der Waals surface area contributed by atoms with Crippen molar-refractivity contribution in [2.45, 2.75) is 18.6 Å². The number of aromatic nitrogens is 3. The van der Waals surface area contributed by atoms with Crippen molar-refractivity contribution in [3.63, 3.8) is 0 Å². The van der Waals surface area contributed by atoms with Crippen LogP contribution in [0.1, 0.15) is 43.8 Å². The molecule has 3 aromatic carbocycles.